The lowest BCUT2D eigenvalue weighted by molar-refractivity contribution is 0.0692. The van der Waals surface area contributed by atoms with Crippen LogP contribution in [-0.4, -0.2) is 42.5 Å². The summed E-state index contributed by atoms with van der Waals surface area (Å²) >= 11 is 0. The molecule has 1 aromatic carbocycles. The lowest BCUT2D eigenvalue weighted by Crippen LogP contribution is -2.24. The molecule has 0 heterocycles. The van der Waals surface area contributed by atoms with Gasteiger partial charge in [0.15, 0.2) is 0 Å². The second-order valence-corrected chi connectivity index (χ2v) is 3.12. The zero-order valence-corrected chi connectivity index (χ0v) is 8.85. The largest absolute Gasteiger partial charge is 0.491 e. The topological polar surface area (TPSA) is 78.8 Å². The van der Waals surface area contributed by atoms with Crippen molar-refractivity contribution in [3.8, 4) is 5.75 Å². The summed E-state index contributed by atoms with van der Waals surface area (Å²) in [4.78, 5) is 10.8. The molecule has 0 radical (unpaired) electrons. The maximum Gasteiger partial charge on any atom is 0.339 e. The third kappa shape index (κ3) is 3.88. The maximum atomic E-state index is 10.8. The first kappa shape index (κ1) is 12.5. The SMILES string of the molecule is O=C(O)c1ccccc1OCCNCCO. The Labute approximate surface area is 93.7 Å². The van der Waals surface area contributed by atoms with Gasteiger partial charge in [0.2, 0.25) is 0 Å². The van der Waals surface area contributed by atoms with Crippen LogP contribution in [0.5, 0.6) is 5.75 Å². The molecule has 0 spiro atoms. The van der Waals surface area contributed by atoms with Crippen LogP contribution >= 0.6 is 0 Å². The molecular formula is C11H15NO4. The van der Waals surface area contributed by atoms with Gasteiger partial charge in [0.05, 0.1) is 6.61 Å². The number of carboxylic acid groups (broad SMARTS) is 1. The highest BCUT2D eigenvalue weighted by Crippen LogP contribution is 2.17. The van der Waals surface area contributed by atoms with Crippen molar-refractivity contribution in [1.29, 1.82) is 0 Å². The Hall–Kier alpha value is -1.59. The maximum absolute atomic E-state index is 10.8. The van der Waals surface area contributed by atoms with Crippen LogP contribution in [0.15, 0.2) is 24.3 Å². The molecule has 5 nitrogen and oxygen atoms in total. The average molecular weight is 225 g/mol. The van der Waals surface area contributed by atoms with Gasteiger partial charge in [-0.15, -0.1) is 0 Å². The molecule has 16 heavy (non-hydrogen) atoms. The van der Waals surface area contributed by atoms with E-state index in [0.717, 1.165) is 0 Å². The first-order valence-electron chi connectivity index (χ1n) is 5.02. The minimum absolute atomic E-state index is 0.0751. The number of nitrogens with one attached hydrogen (secondary N) is 1. The van der Waals surface area contributed by atoms with Crippen molar-refractivity contribution in [2.75, 3.05) is 26.3 Å². The first-order valence-corrected chi connectivity index (χ1v) is 5.02. The zero-order chi connectivity index (χ0) is 11.8. The molecule has 88 valence electrons. The molecule has 5 heteroatoms. The van der Waals surface area contributed by atoms with Crippen LogP contribution in [0.1, 0.15) is 10.4 Å². The van der Waals surface area contributed by atoms with Crippen molar-refractivity contribution in [2.45, 2.75) is 0 Å². The first-order chi connectivity index (χ1) is 7.75. The monoisotopic (exact) mass is 225 g/mol. The molecule has 0 aliphatic carbocycles. The molecule has 3 N–H and O–H groups in total. The Kier molecular flexibility index (Phi) is 5.31. The van der Waals surface area contributed by atoms with E-state index in [1.165, 1.54) is 6.07 Å². The van der Waals surface area contributed by atoms with Crippen LogP contribution < -0.4 is 10.1 Å². The molecule has 0 aromatic heterocycles. The van der Waals surface area contributed by atoms with Crippen molar-refractivity contribution in [1.82, 2.24) is 5.32 Å². The van der Waals surface area contributed by atoms with Gasteiger partial charge < -0.3 is 20.3 Å². The number of aliphatic hydroxyl groups is 1. The van der Waals surface area contributed by atoms with Crippen LogP contribution in [0, 0.1) is 0 Å². The molecule has 0 aliphatic heterocycles. The van der Waals surface area contributed by atoms with Crippen LogP contribution in [0.2, 0.25) is 0 Å². The third-order valence-corrected chi connectivity index (χ3v) is 1.94. The summed E-state index contributed by atoms with van der Waals surface area (Å²) in [6.07, 6.45) is 0. The molecule has 0 aliphatic rings. The Morgan fingerprint density at radius 2 is 2.06 bits per heavy atom. The van der Waals surface area contributed by atoms with Gasteiger partial charge in [-0.25, -0.2) is 4.79 Å². The number of ether oxygens (including phenoxy) is 1. The van der Waals surface area contributed by atoms with E-state index < -0.39 is 5.97 Å². The third-order valence-electron chi connectivity index (χ3n) is 1.94. The standard InChI is InChI=1S/C11H15NO4/c13-7-5-12-6-8-16-10-4-2-1-3-9(10)11(14)15/h1-4,12-13H,5-8H2,(H,14,15). The van der Waals surface area contributed by atoms with Gasteiger partial charge in [-0.2, -0.15) is 0 Å². The van der Waals surface area contributed by atoms with E-state index in [0.29, 0.717) is 25.4 Å². The molecule has 1 aromatic rings. The molecule has 0 fully saturated rings. The molecule has 0 saturated heterocycles. The predicted molar refractivity (Wildman–Crippen MR) is 58.9 cm³/mol. The molecule has 0 atom stereocenters. The Morgan fingerprint density at radius 3 is 2.75 bits per heavy atom. The summed E-state index contributed by atoms with van der Waals surface area (Å²) in [5.74, 6) is -0.639. The number of benzene rings is 1. The Morgan fingerprint density at radius 1 is 1.31 bits per heavy atom. The van der Waals surface area contributed by atoms with Gasteiger partial charge in [0.25, 0.3) is 0 Å². The minimum atomic E-state index is -1.00. The quantitative estimate of drug-likeness (QED) is 0.583. The smallest absolute Gasteiger partial charge is 0.339 e. The van der Waals surface area contributed by atoms with E-state index in [4.69, 9.17) is 14.9 Å². The van der Waals surface area contributed by atoms with E-state index in [1.807, 2.05) is 0 Å². The molecule has 0 saturated carbocycles. The summed E-state index contributed by atoms with van der Waals surface area (Å²) in [6, 6.07) is 6.50. The zero-order valence-electron chi connectivity index (χ0n) is 8.85. The fourth-order valence-corrected chi connectivity index (χ4v) is 1.21. The van der Waals surface area contributed by atoms with Gasteiger partial charge in [0, 0.05) is 13.1 Å². The number of hydrogen-bond donors (Lipinski definition) is 3. The van der Waals surface area contributed by atoms with Gasteiger partial charge >= 0.3 is 5.97 Å². The van der Waals surface area contributed by atoms with E-state index in [9.17, 15) is 4.79 Å². The second-order valence-electron chi connectivity index (χ2n) is 3.12. The summed E-state index contributed by atoms with van der Waals surface area (Å²) in [6.45, 7) is 1.51. The fraction of sp³-hybridized carbons (Fsp3) is 0.364. The summed E-state index contributed by atoms with van der Waals surface area (Å²) < 4.78 is 5.32. The van der Waals surface area contributed by atoms with Crippen LogP contribution in [0.4, 0.5) is 0 Å². The van der Waals surface area contributed by atoms with Crippen LogP contribution in [0.3, 0.4) is 0 Å². The van der Waals surface area contributed by atoms with Crippen molar-refractivity contribution in [2.24, 2.45) is 0 Å². The van der Waals surface area contributed by atoms with Gasteiger partial charge in [-0.1, -0.05) is 12.1 Å². The number of carboxylic acids is 1. The lowest BCUT2D eigenvalue weighted by atomic mass is 10.2. The van der Waals surface area contributed by atoms with Gasteiger partial charge in [-0.05, 0) is 12.1 Å². The second kappa shape index (κ2) is 6.81. The summed E-state index contributed by atoms with van der Waals surface area (Å²) in [5, 5.41) is 20.3. The Balaban J connectivity index is 2.44. The Bertz CT molecular complexity index is 341. The van der Waals surface area contributed by atoms with Crippen LogP contribution in [-0.2, 0) is 0 Å². The molecule has 1 rings (SSSR count). The predicted octanol–water partition coefficient (Wildman–Crippen LogP) is 0.345. The average Bonchev–Trinajstić information content (AvgIpc) is 2.29. The molecule has 0 amide bonds. The summed E-state index contributed by atoms with van der Waals surface area (Å²) in [5.41, 5.74) is 0.157. The lowest BCUT2D eigenvalue weighted by Gasteiger charge is -2.09. The number of aromatic carboxylic acids is 1. The number of aliphatic hydroxyl groups excluding tert-OH is 1. The fourth-order valence-electron chi connectivity index (χ4n) is 1.21. The number of para-hydroxylation sites is 1. The number of rotatable bonds is 7. The van der Waals surface area contributed by atoms with Crippen molar-refractivity contribution < 1.29 is 19.7 Å². The normalized spacial score (nSPS) is 10.1. The number of carbonyl (C=O) groups is 1. The van der Waals surface area contributed by atoms with E-state index in [1.54, 1.807) is 18.2 Å². The summed E-state index contributed by atoms with van der Waals surface area (Å²) in [7, 11) is 0. The molecule has 0 unspecified atom stereocenters. The highest BCUT2D eigenvalue weighted by Gasteiger charge is 2.09. The van der Waals surface area contributed by atoms with Crippen molar-refractivity contribution in [3.63, 3.8) is 0 Å². The highest BCUT2D eigenvalue weighted by molar-refractivity contribution is 5.90. The van der Waals surface area contributed by atoms with Gasteiger partial charge in [0.1, 0.15) is 17.9 Å². The van der Waals surface area contributed by atoms with Crippen LogP contribution in [0.25, 0.3) is 0 Å². The number of hydrogen-bond acceptors (Lipinski definition) is 4. The van der Waals surface area contributed by atoms with E-state index >= 15 is 0 Å². The minimum Gasteiger partial charge on any atom is -0.491 e. The highest BCUT2D eigenvalue weighted by atomic mass is 16.5. The van der Waals surface area contributed by atoms with Crippen molar-refractivity contribution >= 4 is 5.97 Å². The molecule has 0 bridgehead atoms. The van der Waals surface area contributed by atoms with Gasteiger partial charge in [-0.3, -0.25) is 0 Å². The van der Waals surface area contributed by atoms with Crippen molar-refractivity contribution in [3.05, 3.63) is 29.8 Å². The van der Waals surface area contributed by atoms with E-state index in [2.05, 4.69) is 5.32 Å². The molecular weight excluding hydrogens is 210 g/mol. The van der Waals surface area contributed by atoms with E-state index in [-0.39, 0.29) is 12.2 Å².